The summed E-state index contributed by atoms with van der Waals surface area (Å²) in [7, 11) is 0. The van der Waals surface area contributed by atoms with Gasteiger partial charge in [0.25, 0.3) is 11.8 Å². The van der Waals surface area contributed by atoms with Crippen LogP contribution in [0.25, 0.3) is 0 Å². The van der Waals surface area contributed by atoms with Crippen LogP contribution in [0.2, 0.25) is 0 Å². The number of aryl methyl sites for hydroxylation is 1. The van der Waals surface area contributed by atoms with Gasteiger partial charge in [-0.3, -0.25) is 9.59 Å². The molecule has 2 N–H and O–H groups in total. The number of rotatable bonds is 4. The van der Waals surface area contributed by atoms with Crippen molar-refractivity contribution in [2.45, 2.75) is 33.1 Å². The highest BCUT2D eigenvalue weighted by molar-refractivity contribution is 6.06. The minimum Gasteiger partial charge on any atom is -0.469 e. The molecule has 5 nitrogen and oxygen atoms in total. The molecule has 0 unspecified atom stereocenters. The molecule has 0 saturated carbocycles. The molecule has 6 heteroatoms. The topological polar surface area (TPSA) is 71.3 Å². The lowest BCUT2D eigenvalue weighted by molar-refractivity contribution is 0.101. The number of carbonyl (C=O) groups is 2. The summed E-state index contributed by atoms with van der Waals surface area (Å²) in [5, 5.41) is 5.23. The van der Waals surface area contributed by atoms with E-state index in [0.29, 0.717) is 22.6 Å². The molecule has 0 spiro atoms. The molecule has 0 atom stereocenters. The van der Waals surface area contributed by atoms with E-state index in [0.717, 1.165) is 5.56 Å². The summed E-state index contributed by atoms with van der Waals surface area (Å²) in [5.41, 5.74) is 2.26. The van der Waals surface area contributed by atoms with Crippen molar-refractivity contribution in [1.82, 2.24) is 0 Å². The molecule has 0 fully saturated rings. The van der Waals surface area contributed by atoms with Crippen LogP contribution in [-0.2, 0) is 5.41 Å². The molecule has 0 aliphatic heterocycles. The first-order valence-electron chi connectivity index (χ1n) is 9.22. The molecule has 2 aromatic carbocycles. The average Bonchev–Trinajstić information content (AvgIpc) is 3.10. The summed E-state index contributed by atoms with van der Waals surface area (Å²) in [5.74, 6) is -0.977. The van der Waals surface area contributed by atoms with Gasteiger partial charge in [-0.05, 0) is 54.3 Å². The van der Waals surface area contributed by atoms with E-state index in [2.05, 4.69) is 31.4 Å². The third-order valence-corrected chi connectivity index (χ3v) is 4.59. The SMILES string of the molecule is Cc1occc1C(=O)Nc1cc(NC(=O)c2ccc(C(C)(C)C)cc2)ccc1F. The van der Waals surface area contributed by atoms with E-state index in [1.807, 2.05) is 12.1 Å². The number of hydrogen-bond acceptors (Lipinski definition) is 3. The lowest BCUT2D eigenvalue weighted by Crippen LogP contribution is -2.16. The van der Waals surface area contributed by atoms with Gasteiger partial charge in [0.2, 0.25) is 0 Å². The van der Waals surface area contributed by atoms with E-state index in [-0.39, 0.29) is 17.0 Å². The Hall–Kier alpha value is -3.41. The number of anilines is 2. The Morgan fingerprint density at radius 2 is 1.62 bits per heavy atom. The molecular formula is C23H23FN2O3. The number of furan rings is 1. The molecule has 29 heavy (non-hydrogen) atoms. The lowest BCUT2D eigenvalue weighted by atomic mass is 9.87. The Labute approximate surface area is 168 Å². The number of amides is 2. The number of halogens is 1. The zero-order valence-corrected chi connectivity index (χ0v) is 16.8. The molecule has 0 radical (unpaired) electrons. The molecule has 3 aromatic rings. The molecule has 3 rings (SSSR count). The number of nitrogens with one attached hydrogen (secondary N) is 2. The smallest absolute Gasteiger partial charge is 0.259 e. The van der Waals surface area contributed by atoms with Crippen molar-refractivity contribution in [2.24, 2.45) is 0 Å². The van der Waals surface area contributed by atoms with Crippen LogP contribution in [0.15, 0.2) is 59.2 Å². The van der Waals surface area contributed by atoms with Gasteiger partial charge in [-0.15, -0.1) is 0 Å². The van der Waals surface area contributed by atoms with Crippen LogP contribution in [0.1, 0.15) is 52.8 Å². The highest BCUT2D eigenvalue weighted by atomic mass is 19.1. The number of hydrogen-bond donors (Lipinski definition) is 2. The maximum Gasteiger partial charge on any atom is 0.259 e. The monoisotopic (exact) mass is 394 g/mol. The third-order valence-electron chi connectivity index (χ3n) is 4.59. The Morgan fingerprint density at radius 1 is 0.931 bits per heavy atom. The summed E-state index contributed by atoms with van der Waals surface area (Å²) in [6.45, 7) is 7.94. The van der Waals surface area contributed by atoms with Crippen molar-refractivity contribution in [1.29, 1.82) is 0 Å². The zero-order chi connectivity index (χ0) is 21.2. The summed E-state index contributed by atoms with van der Waals surface area (Å²) >= 11 is 0. The van der Waals surface area contributed by atoms with Crippen LogP contribution in [0.3, 0.4) is 0 Å². The number of benzene rings is 2. The maximum absolute atomic E-state index is 14.1. The van der Waals surface area contributed by atoms with Gasteiger partial charge < -0.3 is 15.1 Å². The minimum absolute atomic E-state index is 0.00753. The molecular weight excluding hydrogens is 371 g/mol. The molecule has 0 aliphatic carbocycles. The van der Waals surface area contributed by atoms with E-state index >= 15 is 0 Å². The molecule has 0 aliphatic rings. The van der Waals surface area contributed by atoms with Crippen molar-refractivity contribution >= 4 is 23.2 Å². The summed E-state index contributed by atoms with van der Waals surface area (Å²) in [6, 6.07) is 12.9. The number of carbonyl (C=O) groups excluding carboxylic acids is 2. The fourth-order valence-electron chi connectivity index (χ4n) is 2.83. The van der Waals surface area contributed by atoms with Gasteiger partial charge in [-0.2, -0.15) is 0 Å². The predicted molar refractivity (Wildman–Crippen MR) is 111 cm³/mol. The van der Waals surface area contributed by atoms with Gasteiger partial charge in [0, 0.05) is 11.3 Å². The van der Waals surface area contributed by atoms with Crippen molar-refractivity contribution in [3.63, 3.8) is 0 Å². The predicted octanol–water partition coefficient (Wildman–Crippen LogP) is 5.53. The van der Waals surface area contributed by atoms with Crippen LogP contribution < -0.4 is 10.6 Å². The average molecular weight is 394 g/mol. The van der Waals surface area contributed by atoms with Gasteiger partial charge in [0.15, 0.2) is 0 Å². The van der Waals surface area contributed by atoms with Crippen molar-refractivity contribution in [3.05, 3.63) is 83.1 Å². The molecule has 1 heterocycles. The second kappa shape index (κ2) is 7.91. The van der Waals surface area contributed by atoms with Crippen molar-refractivity contribution in [2.75, 3.05) is 10.6 Å². The van der Waals surface area contributed by atoms with E-state index in [1.165, 1.54) is 30.5 Å². The third kappa shape index (κ3) is 4.71. The molecule has 0 saturated heterocycles. The van der Waals surface area contributed by atoms with Crippen LogP contribution in [0, 0.1) is 12.7 Å². The summed E-state index contributed by atoms with van der Waals surface area (Å²) < 4.78 is 19.2. The minimum atomic E-state index is -0.605. The van der Waals surface area contributed by atoms with Crippen LogP contribution >= 0.6 is 0 Å². The fourth-order valence-corrected chi connectivity index (χ4v) is 2.83. The highest BCUT2D eigenvalue weighted by Crippen LogP contribution is 2.24. The van der Waals surface area contributed by atoms with Gasteiger partial charge in [-0.25, -0.2) is 4.39 Å². The van der Waals surface area contributed by atoms with Crippen LogP contribution in [-0.4, -0.2) is 11.8 Å². The Bertz CT molecular complexity index is 1050. The maximum atomic E-state index is 14.1. The van der Waals surface area contributed by atoms with E-state index < -0.39 is 11.7 Å². The standard InChI is InChI=1S/C23H23FN2O3/c1-14-18(11-12-29-14)22(28)26-20-13-17(9-10-19(20)24)25-21(27)15-5-7-16(8-6-15)23(2,3)4/h5-13H,1-4H3,(H,25,27)(H,26,28). The first kappa shape index (κ1) is 20.3. The van der Waals surface area contributed by atoms with Crippen LogP contribution in [0.4, 0.5) is 15.8 Å². The quantitative estimate of drug-likeness (QED) is 0.611. The van der Waals surface area contributed by atoms with Crippen LogP contribution in [0.5, 0.6) is 0 Å². The van der Waals surface area contributed by atoms with Gasteiger partial charge in [-0.1, -0.05) is 32.9 Å². The Kier molecular flexibility index (Phi) is 5.55. The summed E-state index contributed by atoms with van der Waals surface area (Å²) in [4.78, 5) is 24.8. The summed E-state index contributed by atoms with van der Waals surface area (Å²) in [6.07, 6.45) is 1.39. The highest BCUT2D eigenvalue weighted by Gasteiger charge is 2.16. The largest absolute Gasteiger partial charge is 0.469 e. The Balaban J connectivity index is 1.75. The molecule has 1 aromatic heterocycles. The van der Waals surface area contributed by atoms with E-state index in [9.17, 15) is 14.0 Å². The second-order valence-electron chi connectivity index (χ2n) is 7.82. The van der Waals surface area contributed by atoms with Crippen molar-refractivity contribution in [3.8, 4) is 0 Å². The second-order valence-corrected chi connectivity index (χ2v) is 7.82. The molecule has 0 bridgehead atoms. The van der Waals surface area contributed by atoms with E-state index in [4.69, 9.17) is 4.42 Å². The first-order valence-corrected chi connectivity index (χ1v) is 9.22. The van der Waals surface area contributed by atoms with Gasteiger partial charge >= 0.3 is 0 Å². The lowest BCUT2D eigenvalue weighted by Gasteiger charge is -2.19. The normalized spacial score (nSPS) is 11.2. The van der Waals surface area contributed by atoms with Crippen molar-refractivity contribution < 1.29 is 18.4 Å². The van der Waals surface area contributed by atoms with E-state index in [1.54, 1.807) is 19.1 Å². The molecule has 150 valence electrons. The van der Waals surface area contributed by atoms with Gasteiger partial charge in [0.05, 0.1) is 17.5 Å². The molecule has 2 amide bonds. The van der Waals surface area contributed by atoms with Gasteiger partial charge in [0.1, 0.15) is 11.6 Å². The Morgan fingerprint density at radius 3 is 2.21 bits per heavy atom. The zero-order valence-electron chi connectivity index (χ0n) is 16.8. The fraction of sp³-hybridized carbons (Fsp3) is 0.217. The first-order chi connectivity index (χ1) is 13.6.